The number of likely N-dealkylation sites (tertiary alicyclic amines) is 1. The lowest BCUT2D eigenvalue weighted by Crippen LogP contribution is -2.48. The van der Waals surface area contributed by atoms with E-state index in [0.717, 1.165) is 0 Å². The molecule has 1 N–H and O–H groups in total. The molecule has 1 aromatic rings. The monoisotopic (exact) mass is 436 g/mol. The van der Waals surface area contributed by atoms with Gasteiger partial charge in [0.2, 0.25) is 10.0 Å². The van der Waals surface area contributed by atoms with E-state index in [2.05, 4.69) is 4.72 Å². The van der Waals surface area contributed by atoms with Gasteiger partial charge in [0.05, 0.1) is 15.8 Å². The van der Waals surface area contributed by atoms with Crippen LogP contribution < -0.4 is 4.72 Å². The van der Waals surface area contributed by atoms with Crippen molar-refractivity contribution in [2.24, 2.45) is 0 Å². The fourth-order valence-corrected chi connectivity index (χ4v) is 4.57. The predicted molar refractivity (Wildman–Crippen MR) is 108 cm³/mol. The Morgan fingerprint density at radius 3 is 2.48 bits per heavy atom. The van der Waals surface area contributed by atoms with Crippen molar-refractivity contribution < 1.29 is 17.9 Å². The number of rotatable bonds is 5. The zero-order valence-electron chi connectivity index (χ0n) is 15.8. The summed E-state index contributed by atoms with van der Waals surface area (Å²) < 4.78 is 32.8. The maximum absolute atomic E-state index is 12.4. The molecule has 1 saturated heterocycles. The third kappa shape index (κ3) is 7.14. The SMILES string of the molecule is CC(C)(C)OC(=O)N1CCC(NS(=O)(=O)CCc2cccc(Cl)c2Cl)CC1. The van der Waals surface area contributed by atoms with Gasteiger partial charge >= 0.3 is 6.09 Å². The van der Waals surface area contributed by atoms with Gasteiger partial charge in [0.15, 0.2) is 0 Å². The Morgan fingerprint density at radius 2 is 1.89 bits per heavy atom. The van der Waals surface area contributed by atoms with E-state index in [0.29, 0.717) is 41.5 Å². The molecule has 1 aliphatic heterocycles. The zero-order valence-corrected chi connectivity index (χ0v) is 18.1. The highest BCUT2D eigenvalue weighted by Crippen LogP contribution is 2.26. The Bertz CT molecular complexity index is 770. The molecule has 0 aromatic heterocycles. The van der Waals surface area contributed by atoms with Gasteiger partial charge in [-0.3, -0.25) is 0 Å². The average molecular weight is 437 g/mol. The minimum Gasteiger partial charge on any atom is -0.444 e. The molecule has 0 saturated carbocycles. The predicted octanol–water partition coefficient (Wildman–Crippen LogP) is 3.85. The van der Waals surface area contributed by atoms with Gasteiger partial charge < -0.3 is 9.64 Å². The number of carbonyl (C=O) groups excluding carboxylic acids is 1. The van der Waals surface area contributed by atoms with Crippen molar-refractivity contribution in [3.8, 4) is 0 Å². The van der Waals surface area contributed by atoms with Crippen LogP contribution in [0.25, 0.3) is 0 Å². The van der Waals surface area contributed by atoms with E-state index < -0.39 is 15.6 Å². The van der Waals surface area contributed by atoms with E-state index in [9.17, 15) is 13.2 Å². The summed E-state index contributed by atoms with van der Waals surface area (Å²) in [5.41, 5.74) is 0.159. The maximum Gasteiger partial charge on any atom is 0.410 e. The molecule has 9 heteroatoms. The highest BCUT2D eigenvalue weighted by atomic mass is 35.5. The van der Waals surface area contributed by atoms with Crippen LogP contribution in [0.3, 0.4) is 0 Å². The van der Waals surface area contributed by atoms with Crippen LogP contribution in [0, 0.1) is 0 Å². The Balaban J connectivity index is 1.83. The molecule has 6 nitrogen and oxygen atoms in total. The van der Waals surface area contributed by atoms with Crippen LogP contribution in [0.4, 0.5) is 4.79 Å². The molecule has 0 spiro atoms. The van der Waals surface area contributed by atoms with Crippen molar-refractivity contribution in [3.05, 3.63) is 33.8 Å². The minimum atomic E-state index is -3.46. The third-order valence-electron chi connectivity index (χ3n) is 4.16. The number of aryl methyl sites for hydroxylation is 1. The smallest absolute Gasteiger partial charge is 0.410 e. The Morgan fingerprint density at radius 1 is 1.26 bits per heavy atom. The molecule has 2 rings (SSSR count). The highest BCUT2D eigenvalue weighted by Gasteiger charge is 2.28. The van der Waals surface area contributed by atoms with Crippen LogP contribution in [0.15, 0.2) is 18.2 Å². The molecule has 0 aliphatic carbocycles. The summed E-state index contributed by atoms with van der Waals surface area (Å²) >= 11 is 12.1. The van der Waals surface area contributed by atoms with E-state index in [1.807, 2.05) is 20.8 Å². The van der Waals surface area contributed by atoms with Crippen molar-refractivity contribution >= 4 is 39.3 Å². The van der Waals surface area contributed by atoms with Crippen molar-refractivity contribution in [2.75, 3.05) is 18.8 Å². The molecule has 27 heavy (non-hydrogen) atoms. The van der Waals surface area contributed by atoms with Crippen LogP contribution in [-0.4, -0.2) is 49.9 Å². The van der Waals surface area contributed by atoms with Crippen LogP contribution in [0.5, 0.6) is 0 Å². The molecule has 152 valence electrons. The highest BCUT2D eigenvalue weighted by molar-refractivity contribution is 7.89. The molecule has 0 atom stereocenters. The zero-order chi connectivity index (χ0) is 20.2. The number of carbonyl (C=O) groups is 1. The number of amides is 1. The van der Waals surface area contributed by atoms with Gasteiger partial charge in [-0.15, -0.1) is 0 Å². The van der Waals surface area contributed by atoms with Crippen molar-refractivity contribution in [3.63, 3.8) is 0 Å². The van der Waals surface area contributed by atoms with Gasteiger partial charge in [-0.2, -0.15) is 0 Å². The summed E-state index contributed by atoms with van der Waals surface area (Å²) in [6, 6.07) is 4.99. The van der Waals surface area contributed by atoms with E-state index in [4.69, 9.17) is 27.9 Å². The molecule has 1 aromatic carbocycles. The molecule has 1 amide bonds. The summed E-state index contributed by atoms with van der Waals surface area (Å²) in [4.78, 5) is 13.7. The minimum absolute atomic E-state index is 0.0701. The largest absolute Gasteiger partial charge is 0.444 e. The topological polar surface area (TPSA) is 75.7 Å². The van der Waals surface area contributed by atoms with Gasteiger partial charge in [0.1, 0.15) is 5.60 Å². The molecule has 0 unspecified atom stereocenters. The van der Waals surface area contributed by atoms with Gasteiger partial charge in [0, 0.05) is 19.1 Å². The number of piperidine rings is 1. The number of nitrogens with one attached hydrogen (secondary N) is 1. The van der Waals surface area contributed by atoms with E-state index in [1.165, 1.54) is 0 Å². The van der Waals surface area contributed by atoms with Crippen LogP contribution in [0.2, 0.25) is 10.0 Å². The van der Waals surface area contributed by atoms with Gasteiger partial charge in [-0.1, -0.05) is 35.3 Å². The van der Waals surface area contributed by atoms with Crippen molar-refractivity contribution in [2.45, 2.75) is 51.7 Å². The van der Waals surface area contributed by atoms with Crippen LogP contribution in [-0.2, 0) is 21.2 Å². The van der Waals surface area contributed by atoms with Gasteiger partial charge in [0.25, 0.3) is 0 Å². The Labute approximate surface area is 171 Å². The molecule has 1 fully saturated rings. The summed E-state index contributed by atoms with van der Waals surface area (Å²) in [7, 11) is -3.46. The second kappa shape index (κ2) is 8.99. The first-order valence-corrected chi connectivity index (χ1v) is 11.3. The second-order valence-electron chi connectivity index (χ2n) is 7.64. The van der Waals surface area contributed by atoms with Gasteiger partial charge in [-0.25, -0.2) is 17.9 Å². The average Bonchev–Trinajstić information content (AvgIpc) is 2.55. The molecule has 0 radical (unpaired) electrons. The Kier molecular flexibility index (Phi) is 7.41. The van der Waals surface area contributed by atoms with E-state index in [-0.39, 0.29) is 24.3 Å². The Hall–Kier alpha value is -1.02. The number of benzene rings is 1. The summed E-state index contributed by atoms with van der Waals surface area (Å²) in [5, 5.41) is 0.800. The normalized spacial score (nSPS) is 16.4. The maximum atomic E-state index is 12.4. The molecule has 0 bridgehead atoms. The first-order valence-electron chi connectivity index (χ1n) is 8.88. The van der Waals surface area contributed by atoms with E-state index >= 15 is 0 Å². The van der Waals surface area contributed by atoms with Crippen molar-refractivity contribution in [1.82, 2.24) is 9.62 Å². The van der Waals surface area contributed by atoms with Gasteiger partial charge in [-0.05, 0) is 51.7 Å². The second-order valence-corrected chi connectivity index (χ2v) is 10.3. The van der Waals surface area contributed by atoms with Crippen molar-refractivity contribution in [1.29, 1.82) is 0 Å². The van der Waals surface area contributed by atoms with Crippen LogP contribution in [0.1, 0.15) is 39.2 Å². The molecular weight excluding hydrogens is 411 g/mol. The summed E-state index contributed by atoms with van der Waals surface area (Å²) in [6.07, 6.45) is 1.03. The van der Waals surface area contributed by atoms with Crippen LogP contribution >= 0.6 is 23.2 Å². The number of hydrogen-bond donors (Lipinski definition) is 1. The number of hydrogen-bond acceptors (Lipinski definition) is 4. The molecule has 1 aliphatic rings. The summed E-state index contributed by atoms with van der Waals surface area (Å²) in [6.45, 7) is 6.37. The number of nitrogens with zero attached hydrogens (tertiary/aromatic N) is 1. The lowest BCUT2D eigenvalue weighted by Gasteiger charge is -2.33. The number of halogens is 2. The lowest BCUT2D eigenvalue weighted by molar-refractivity contribution is 0.0203. The van der Waals surface area contributed by atoms with E-state index in [1.54, 1.807) is 23.1 Å². The molecular formula is C18H26Cl2N2O4S. The molecule has 1 heterocycles. The number of sulfonamides is 1. The number of ether oxygens (including phenoxy) is 1. The first-order chi connectivity index (χ1) is 12.5. The third-order valence-corrected chi connectivity index (χ3v) is 6.46. The fraction of sp³-hybridized carbons (Fsp3) is 0.611. The quantitative estimate of drug-likeness (QED) is 0.759. The standard InChI is InChI=1S/C18H26Cl2N2O4S/c1-18(2,3)26-17(23)22-10-7-14(8-11-22)21-27(24,25)12-9-13-5-4-6-15(19)16(13)20/h4-6,14,21H,7-12H2,1-3H3. The lowest BCUT2D eigenvalue weighted by atomic mass is 10.1. The summed E-state index contributed by atoms with van der Waals surface area (Å²) in [5.74, 6) is -0.0701. The fourth-order valence-electron chi connectivity index (χ4n) is 2.81. The first kappa shape index (κ1) is 22.3.